The number of hydrogen-bond acceptors (Lipinski definition) is 3. The first-order valence-corrected chi connectivity index (χ1v) is 16.5. The van der Waals surface area contributed by atoms with Crippen LogP contribution < -0.4 is 0 Å². The van der Waals surface area contributed by atoms with Gasteiger partial charge in [-0.15, -0.1) is 0 Å². The topological polar surface area (TPSA) is 43.6 Å². The average molecular weight is 625 g/mol. The molecule has 0 bridgehead atoms. The highest BCUT2D eigenvalue weighted by molar-refractivity contribution is 6.25. The van der Waals surface area contributed by atoms with E-state index in [4.69, 9.17) is 15.0 Å². The Hall–Kier alpha value is -6.65. The number of benzene rings is 8. The Morgan fingerprint density at radius 2 is 0.755 bits per heavy atom. The summed E-state index contributed by atoms with van der Waals surface area (Å²) in [5, 5.41) is 9.78. The van der Waals surface area contributed by atoms with Crippen molar-refractivity contribution in [2.75, 3.05) is 0 Å². The Kier molecular flexibility index (Phi) is 6.15. The minimum atomic E-state index is 0.629. The van der Waals surface area contributed by atoms with Gasteiger partial charge in [0, 0.05) is 27.5 Å². The standard InChI is InChI=1S/C45H28N4/c1-2-14-29(15-3-1)43-46-44(30-26-27-35-33-18-5-4-16-31(33)32-17-6-7-19-34(32)39(35)28-30)48-45(47-43)38-22-10-13-25-42(38)49-40-23-11-8-20-36(40)37-21-9-12-24-41(37)49/h1-28H. The Balaban J connectivity index is 1.24. The van der Waals surface area contributed by atoms with Crippen LogP contribution in [0.5, 0.6) is 0 Å². The zero-order chi connectivity index (χ0) is 32.3. The van der Waals surface area contributed by atoms with Crippen molar-refractivity contribution in [3.8, 4) is 39.9 Å². The van der Waals surface area contributed by atoms with Crippen LogP contribution in [0.4, 0.5) is 0 Å². The lowest BCUT2D eigenvalue weighted by atomic mass is 9.93. The number of rotatable bonds is 4. The van der Waals surface area contributed by atoms with Gasteiger partial charge >= 0.3 is 0 Å². The quantitative estimate of drug-likeness (QED) is 0.183. The summed E-state index contributed by atoms with van der Waals surface area (Å²) in [5.74, 6) is 1.91. The number of para-hydroxylation sites is 3. The molecule has 0 aliphatic rings. The third kappa shape index (κ3) is 4.35. The molecule has 0 aliphatic heterocycles. The van der Waals surface area contributed by atoms with Gasteiger partial charge in [-0.05, 0) is 62.6 Å². The van der Waals surface area contributed by atoms with E-state index in [1.54, 1.807) is 0 Å². The smallest absolute Gasteiger partial charge is 0.166 e. The molecular weight excluding hydrogens is 597 g/mol. The van der Waals surface area contributed by atoms with Crippen LogP contribution in [-0.4, -0.2) is 19.5 Å². The summed E-state index contributed by atoms with van der Waals surface area (Å²) in [6.45, 7) is 0. The first-order chi connectivity index (χ1) is 24.3. The van der Waals surface area contributed by atoms with Crippen LogP contribution in [0.1, 0.15) is 0 Å². The van der Waals surface area contributed by atoms with Gasteiger partial charge < -0.3 is 4.57 Å². The molecule has 0 saturated heterocycles. The molecule has 2 heterocycles. The Morgan fingerprint density at radius 3 is 1.39 bits per heavy atom. The van der Waals surface area contributed by atoms with E-state index in [1.807, 2.05) is 18.2 Å². The molecule has 0 radical (unpaired) electrons. The molecule has 0 atom stereocenters. The van der Waals surface area contributed by atoms with Crippen LogP contribution in [0.2, 0.25) is 0 Å². The lowest BCUT2D eigenvalue weighted by Gasteiger charge is -2.15. The van der Waals surface area contributed by atoms with Gasteiger partial charge in [0.05, 0.1) is 16.7 Å². The van der Waals surface area contributed by atoms with Gasteiger partial charge in [0.25, 0.3) is 0 Å². The van der Waals surface area contributed by atoms with E-state index in [9.17, 15) is 0 Å². The van der Waals surface area contributed by atoms with E-state index in [0.29, 0.717) is 17.5 Å². The summed E-state index contributed by atoms with van der Waals surface area (Å²) in [5.41, 5.74) is 6.13. The van der Waals surface area contributed by atoms with Crippen LogP contribution >= 0.6 is 0 Å². The van der Waals surface area contributed by atoms with Crippen LogP contribution in [0, 0.1) is 0 Å². The van der Waals surface area contributed by atoms with Gasteiger partial charge in [0.1, 0.15) is 0 Å². The van der Waals surface area contributed by atoms with Crippen molar-refractivity contribution in [2.24, 2.45) is 0 Å². The fourth-order valence-corrected chi connectivity index (χ4v) is 7.43. The minimum Gasteiger partial charge on any atom is -0.309 e. The van der Waals surface area contributed by atoms with Crippen molar-refractivity contribution in [3.63, 3.8) is 0 Å². The maximum atomic E-state index is 5.24. The van der Waals surface area contributed by atoms with E-state index < -0.39 is 0 Å². The Morgan fingerprint density at radius 1 is 0.306 bits per heavy atom. The van der Waals surface area contributed by atoms with Crippen molar-refractivity contribution in [1.29, 1.82) is 0 Å². The minimum absolute atomic E-state index is 0.629. The zero-order valence-electron chi connectivity index (χ0n) is 26.5. The molecule has 10 rings (SSSR count). The molecule has 0 amide bonds. The molecule has 0 saturated carbocycles. The molecular formula is C45H28N4. The van der Waals surface area contributed by atoms with Crippen molar-refractivity contribution < 1.29 is 0 Å². The highest BCUT2D eigenvalue weighted by atomic mass is 15.1. The van der Waals surface area contributed by atoms with Crippen LogP contribution in [0.25, 0.3) is 94.0 Å². The average Bonchev–Trinajstić information content (AvgIpc) is 3.52. The van der Waals surface area contributed by atoms with Crippen molar-refractivity contribution >= 4 is 54.1 Å². The van der Waals surface area contributed by atoms with Crippen molar-refractivity contribution in [2.45, 2.75) is 0 Å². The number of fused-ring (bicyclic) bond motifs is 9. The monoisotopic (exact) mass is 624 g/mol. The number of nitrogens with zero attached hydrogens (tertiary/aromatic N) is 4. The van der Waals surface area contributed by atoms with Crippen molar-refractivity contribution in [3.05, 3.63) is 170 Å². The van der Waals surface area contributed by atoms with Crippen LogP contribution in [0.15, 0.2) is 170 Å². The number of hydrogen-bond donors (Lipinski definition) is 0. The van der Waals surface area contributed by atoms with Crippen molar-refractivity contribution in [1.82, 2.24) is 19.5 Å². The Bertz CT molecular complexity index is 2800. The summed E-state index contributed by atoms with van der Waals surface area (Å²) in [7, 11) is 0. The predicted octanol–water partition coefficient (Wildman–Crippen LogP) is 11.4. The summed E-state index contributed by atoms with van der Waals surface area (Å²) < 4.78 is 2.33. The molecule has 228 valence electrons. The zero-order valence-corrected chi connectivity index (χ0v) is 26.5. The second-order valence-corrected chi connectivity index (χ2v) is 12.4. The number of aromatic nitrogens is 4. The second kappa shape index (κ2) is 11.0. The van der Waals surface area contributed by atoms with E-state index in [-0.39, 0.29) is 0 Å². The van der Waals surface area contributed by atoms with Gasteiger partial charge in [0.15, 0.2) is 17.5 Å². The van der Waals surface area contributed by atoms with Gasteiger partial charge in [-0.2, -0.15) is 0 Å². The molecule has 8 aromatic carbocycles. The molecule has 0 unspecified atom stereocenters. The van der Waals surface area contributed by atoms with Gasteiger partial charge in [-0.3, -0.25) is 0 Å². The van der Waals surface area contributed by atoms with Gasteiger partial charge in [-0.25, -0.2) is 15.0 Å². The molecule has 0 N–H and O–H groups in total. The SMILES string of the molecule is c1ccc(-c2nc(-c3ccc4c5ccccc5c5ccccc5c4c3)nc(-c3ccccc3-n3c4ccccc4c4ccccc43)n2)cc1. The van der Waals surface area contributed by atoms with E-state index in [0.717, 1.165) is 33.4 Å². The third-order valence-corrected chi connectivity index (χ3v) is 9.64. The van der Waals surface area contributed by atoms with Gasteiger partial charge in [0.2, 0.25) is 0 Å². The predicted molar refractivity (Wildman–Crippen MR) is 203 cm³/mol. The van der Waals surface area contributed by atoms with E-state index in [1.165, 1.54) is 43.1 Å². The third-order valence-electron chi connectivity index (χ3n) is 9.64. The Labute approximate surface area is 282 Å². The fraction of sp³-hybridized carbons (Fsp3) is 0. The lowest BCUT2D eigenvalue weighted by Crippen LogP contribution is -2.03. The van der Waals surface area contributed by atoms with E-state index in [2.05, 4.69) is 156 Å². The largest absolute Gasteiger partial charge is 0.309 e. The molecule has 0 spiro atoms. The van der Waals surface area contributed by atoms with Gasteiger partial charge in [-0.1, -0.05) is 140 Å². The highest BCUT2D eigenvalue weighted by Crippen LogP contribution is 2.38. The molecule has 49 heavy (non-hydrogen) atoms. The summed E-state index contributed by atoms with van der Waals surface area (Å²) in [6.07, 6.45) is 0. The summed E-state index contributed by atoms with van der Waals surface area (Å²) in [4.78, 5) is 15.5. The molecule has 4 nitrogen and oxygen atoms in total. The second-order valence-electron chi connectivity index (χ2n) is 12.4. The maximum Gasteiger partial charge on any atom is 0.166 e. The molecule has 10 aromatic rings. The molecule has 2 aromatic heterocycles. The normalized spacial score (nSPS) is 11.7. The molecule has 0 aliphatic carbocycles. The first-order valence-electron chi connectivity index (χ1n) is 16.5. The molecule has 0 fully saturated rings. The van der Waals surface area contributed by atoms with Crippen LogP contribution in [-0.2, 0) is 0 Å². The first kappa shape index (κ1) is 27.5. The van der Waals surface area contributed by atoms with E-state index >= 15 is 0 Å². The van der Waals surface area contributed by atoms with Crippen LogP contribution in [0.3, 0.4) is 0 Å². The maximum absolute atomic E-state index is 5.24. The fourth-order valence-electron chi connectivity index (χ4n) is 7.43. The summed E-state index contributed by atoms with van der Waals surface area (Å²) in [6, 6.07) is 59.7. The summed E-state index contributed by atoms with van der Waals surface area (Å²) >= 11 is 0. The molecule has 4 heteroatoms. The lowest BCUT2D eigenvalue weighted by molar-refractivity contribution is 1.06. The highest BCUT2D eigenvalue weighted by Gasteiger charge is 2.19.